The summed E-state index contributed by atoms with van der Waals surface area (Å²) in [6.07, 6.45) is 1.37. The van der Waals surface area contributed by atoms with Crippen LogP contribution in [0.25, 0.3) is 0 Å². The van der Waals surface area contributed by atoms with Gasteiger partial charge in [-0.15, -0.1) is 0 Å². The van der Waals surface area contributed by atoms with Gasteiger partial charge < -0.3 is 5.32 Å². The Labute approximate surface area is 89.1 Å². The molecule has 1 aliphatic heterocycles. The quantitative estimate of drug-likeness (QED) is 0.746. The molecule has 1 saturated heterocycles. The fraction of sp³-hybridized carbons (Fsp3) is 1.00. The number of nitrogens with one attached hydrogen (secondary N) is 1. The van der Waals surface area contributed by atoms with Gasteiger partial charge in [0.05, 0.1) is 0 Å². The molecule has 0 aromatic heterocycles. The van der Waals surface area contributed by atoms with Gasteiger partial charge in [0.1, 0.15) is 0 Å². The Balaban J connectivity index is 2.41. The highest BCUT2D eigenvalue weighted by Crippen LogP contribution is 2.34. The molecule has 84 valence electrons. The van der Waals surface area contributed by atoms with E-state index in [1.165, 1.54) is 19.5 Å². The topological polar surface area (TPSA) is 15.3 Å². The maximum Gasteiger partial charge on any atom is 0.0192 e. The fourth-order valence-corrected chi connectivity index (χ4v) is 2.32. The zero-order valence-corrected chi connectivity index (χ0v) is 10.4. The van der Waals surface area contributed by atoms with Crippen molar-refractivity contribution in [1.82, 2.24) is 10.2 Å². The minimum absolute atomic E-state index is 0.480. The Kier molecular flexibility index (Phi) is 3.96. The molecular weight excluding hydrogens is 172 g/mol. The smallest absolute Gasteiger partial charge is 0.0192 e. The van der Waals surface area contributed by atoms with E-state index in [0.717, 1.165) is 12.5 Å². The highest BCUT2D eigenvalue weighted by atomic mass is 15.2. The van der Waals surface area contributed by atoms with Gasteiger partial charge in [-0.2, -0.15) is 0 Å². The molecule has 0 spiro atoms. The molecule has 0 radical (unpaired) electrons. The van der Waals surface area contributed by atoms with E-state index in [2.05, 4.69) is 37.9 Å². The molecule has 0 aromatic carbocycles. The van der Waals surface area contributed by atoms with E-state index >= 15 is 0 Å². The summed E-state index contributed by atoms with van der Waals surface area (Å²) in [6, 6.07) is 0.687. The van der Waals surface area contributed by atoms with Crippen LogP contribution < -0.4 is 5.32 Å². The van der Waals surface area contributed by atoms with Crippen molar-refractivity contribution in [3.05, 3.63) is 0 Å². The Hall–Kier alpha value is -0.0800. The molecule has 1 fully saturated rings. The predicted octanol–water partition coefficient (Wildman–Crippen LogP) is 1.96. The first-order valence-electron chi connectivity index (χ1n) is 5.83. The molecule has 2 unspecified atom stereocenters. The molecule has 0 bridgehead atoms. The van der Waals surface area contributed by atoms with Crippen molar-refractivity contribution in [3.63, 3.8) is 0 Å². The molecule has 0 saturated carbocycles. The van der Waals surface area contributed by atoms with Gasteiger partial charge in [0.2, 0.25) is 0 Å². The van der Waals surface area contributed by atoms with Crippen molar-refractivity contribution in [2.45, 2.75) is 40.2 Å². The first kappa shape index (κ1) is 12.0. The third-order valence-electron chi connectivity index (χ3n) is 3.57. The highest BCUT2D eigenvalue weighted by molar-refractivity contribution is 4.86. The minimum atomic E-state index is 0.480. The Bertz CT molecular complexity index is 172. The van der Waals surface area contributed by atoms with Gasteiger partial charge in [-0.05, 0) is 38.3 Å². The summed E-state index contributed by atoms with van der Waals surface area (Å²) in [6.45, 7) is 13.1. The number of rotatable bonds is 3. The summed E-state index contributed by atoms with van der Waals surface area (Å²) in [5.74, 6) is 0.877. The number of nitrogens with zero attached hydrogens (tertiary/aromatic N) is 1. The van der Waals surface area contributed by atoms with E-state index in [1.54, 1.807) is 0 Å². The molecule has 2 heteroatoms. The van der Waals surface area contributed by atoms with E-state index in [1.807, 2.05) is 7.05 Å². The van der Waals surface area contributed by atoms with Gasteiger partial charge in [-0.1, -0.05) is 20.8 Å². The van der Waals surface area contributed by atoms with Crippen molar-refractivity contribution in [3.8, 4) is 0 Å². The van der Waals surface area contributed by atoms with Crippen molar-refractivity contribution in [1.29, 1.82) is 0 Å². The van der Waals surface area contributed by atoms with E-state index in [0.29, 0.717) is 11.5 Å². The van der Waals surface area contributed by atoms with Crippen LogP contribution in [0.2, 0.25) is 0 Å². The Morgan fingerprint density at radius 2 is 2.07 bits per heavy atom. The number of hydrogen-bond donors (Lipinski definition) is 1. The van der Waals surface area contributed by atoms with Crippen molar-refractivity contribution in [2.75, 3.05) is 26.7 Å². The third-order valence-corrected chi connectivity index (χ3v) is 3.57. The lowest BCUT2D eigenvalue weighted by Gasteiger charge is -2.29. The maximum atomic E-state index is 3.26. The van der Waals surface area contributed by atoms with Crippen LogP contribution in [-0.2, 0) is 0 Å². The highest BCUT2D eigenvalue weighted by Gasteiger charge is 2.33. The Morgan fingerprint density at radius 3 is 2.50 bits per heavy atom. The van der Waals surface area contributed by atoms with Crippen LogP contribution in [0.15, 0.2) is 0 Å². The summed E-state index contributed by atoms with van der Waals surface area (Å²) in [7, 11) is 2.04. The molecule has 14 heavy (non-hydrogen) atoms. The lowest BCUT2D eigenvalue weighted by Crippen LogP contribution is -2.38. The second-order valence-electron chi connectivity index (χ2n) is 5.75. The molecule has 0 amide bonds. The molecule has 1 heterocycles. The van der Waals surface area contributed by atoms with Crippen LogP contribution in [-0.4, -0.2) is 37.6 Å². The standard InChI is InChI=1S/C12H26N2/c1-10(8-13-5)14-7-6-11(9-14)12(2,3)4/h10-11,13H,6-9H2,1-5H3. The van der Waals surface area contributed by atoms with Crippen LogP contribution in [0, 0.1) is 11.3 Å². The predicted molar refractivity (Wildman–Crippen MR) is 62.5 cm³/mol. The largest absolute Gasteiger partial charge is 0.318 e. The normalized spacial score (nSPS) is 26.8. The van der Waals surface area contributed by atoms with Crippen molar-refractivity contribution in [2.24, 2.45) is 11.3 Å². The van der Waals surface area contributed by atoms with Gasteiger partial charge in [-0.25, -0.2) is 0 Å². The Morgan fingerprint density at radius 1 is 1.43 bits per heavy atom. The van der Waals surface area contributed by atoms with Gasteiger partial charge >= 0.3 is 0 Å². The van der Waals surface area contributed by atoms with E-state index in [4.69, 9.17) is 0 Å². The second kappa shape index (κ2) is 4.63. The molecule has 1 rings (SSSR count). The van der Waals surface area contributed by atoms with Crippen LogP contribution in [0.3, 0.4) is 0 Å². The van der Waals surface area contributed by atoms with Crippen LogP contribution in [0.4, 0.5) is 0 Å². The molecule has 2 atom stereocenters. The lowest BCUT2D eigenvalue weighted by molar-refractivity contribution is 0.201. The maximum absolute atomic E-state index is 3.26. The van der Waals surface area contributed by atoms with Gasteiger partial charge in [0, 0.05) is 19.1 Å². The zero-order valence-electron chi connectivity index (χ0n) is 10.4. The third kappa shape index (κ3) is 2.96. The van der Waals surface area contributed by atoms with Crippen LogP contribution >= 0.6 is 0 Å². The average molecular weight is 198 g/mol. The summed E-state index contributed by atoms with van der Waals surface area (Å²) in [5, 5.41) is 3.26. The van der Waals surface area contributed by atoms with Crippen LogP contribution in [0.5, 0.6) is 0 Å². The summed E-state index contributed by atoms with van der Waals surface area (Å²) in [4.78, 5) is 2.62. The lowest BCUT2D eigenvalue weighted by atomic mass is 9.80. The molecule has 1 N–H and O–H groups in total. The molecule has 0 aromatic rings. The number of hydrogen-bond acceptors (Lipinski definition) is 2. The minimum Gasteiger partial charge on any atom is -0.318 e. The van der Waals surface area contributed by atoms with E-state index < -0.39 is 0 Å². The second-order valence-corrected chi connectivity index (χ2v) is 5.75. The molecule has 1 aliphatic rings. The first-order valence-corrected chi connectivity index (χ1v) is 5.83. The van der Waals surface area contributed by atoms with Gasteiger partial charge in [0.25, 0.3) is 0 Å². The van der Waals surface area contributed by atoms with Crippen molar-refractivity contribution < 1.29 is 0 Å². The monoisotopic (exact) mass is 198 g/mol. The van der Waals surface area contributed by atoms with E-state index in [9.17, 15) is 0 Å². The van der Waals surface area contributed by atoms with Crippen molar-refractivity contribution >= 4 is 0 Å². The fourth-order valence-electron chi connectivity index (χ4n) is 2.32. The van der Waals surface area contributed by atoms with E-state index in [-0.39, 0.29) is 0 Å². The average Bonchev–Trinajstić information content (AvgIpc) is 2.51. The summed E-state index contributed by atoms with van der Waals surface area (Å²) >= 11 is 0. The molecule has 0 aliphatic carbocycles. The molecular formula is C12H26N2. The van der Waals surface area contributed by atoms with Crippen LogP contribution in [0.1, 0.15) is 34.1 Å². The van der Waals surface area contributed by atoms with Gasteiger partial charge in [0.15, 0.2) is 0 Å². The molecule has 2 nitrogen and oxygen atoms in total. The van der Waals surface area contributed by atoms with Gasteiger partial charge in [-0.3, -0.25) is 4.90 Å². The number of likely N-dealkylation sites (tertiary alicyclic amines) is 1. The number of likely N-dealkylation sites (N-methyl/N-ethyl adjacent to an activating group) is 1. The first-order chi connectivity index (χ1) is 6.45. The zero-order chi connectivity index (χ0) is 10.8. The summed E-state index contributed by atoms with van der Waals surface area (Å²) in [5.41, 5.74) is 0.480. The SMILES string of the molecule is CNCC(C)N1CCC(C(C)(C)C)C1. The summed E-state index contributed by atoms with van der Waals surface area (Å²) < 4.78 is 0.